The van der Waals surface area contributed by atoms with Crippen molar-refractivity contribution >= 4 is 17.2 Å². The molecule has 6 nitrogen and oxygen atoms in total. The van der Waals surface area contributed by atoms with Crippen LogP contribution in [-0.2, 0) is 4.84 Å². The number of rotatable bonds is 4. The molecule has 1 fully saturated rings. The number of nitrogens with two attached hydrogens (primary N) is 1. The van der Waals surface area contributed by atoms with E-state index < -0.39 is 0 Å². The molecule has 1 unspecified atom stereocenters. The van der Waals surface area contributed by atoms with Crippen LogP contribution in [0.15, 0.2) is 28.3 Å². The molecule has 3 aliphatic rings. The molecule has 140 valence electrons. The molecule has 3 heterocycles. The van der Waals surface area contributed by atoms with Crippen molar-refractivity contribution < 1.29 is 4.84 Å². The third-order valence-corrected chi connectivity index (χ3v) is 5.57. The van der Waals surface area contributed by atoms with Gasteiger partial charge in [0.05, 0.1) is 12.3 Å². The van der Waals surface area contributed by atoms with Crippen molar-refractivity contribution in [2.45, 2.75) is 38.2 Å². The van der Waals surface area contributed by atoms with Crippen LogP contribution in [0.4, 0.5) is 5.69 Å². The number of hydrogen-bond acceptors (Lipinski definition) is 6. The highest BCUT2D eigenvalue weighted by Gasteiger charge is 2.26. The van der Waals surface area contributed by atoms with Gasteiger partial charge in [-0.1, -0.05) is 30.1 Å². The largest absolute Gasteiger partial charge is 0.390 e. The molecule has 1 aromatic rings. The molecule has 1 saturated heterocycles. The van der Waals surface area contributed by atoms with Gasteiger partial charge >= 0.3 is 0 Å². The normalized spacial score (nSPS) is 23.5. The van der Waals surface area contributed by atoms with Crippen molar-refractivity contribution in [3.63, 3.8) is 0 Å². The van der Waals surface area contributed by atoms with E-state index in [2.05, 4.69) is 40.2 Å². The van der Waals surface area contributed by atoms with Crippen LogP contribution in [0.3, 0.4) is 0 Å². The molecule has 0 amide bonds. The number of likely N-dealkylation sites (N-methyl/N-ethyl adjacent to an activating group) is 1. The fraction of sp³-hybridized carbons (Fsp3) is 0.600. The number of hydrogen-bond donors (Lipinski definition) is 1. The third kappa shape index (κ3) is 3.43. The van der Waals surface area contributed by atoms with Crippen molar-refractivity contribution in [3.8, 4) is 0 Å². The average molecular weight is 355 g/mol. The van der Waals surface area contributed by atoms with Gasteiger partial charge in [-0.25, -0.2) is 0 Å². The summed E-state index contributed by atoms with van der Waals surface area (Å²) in [5.74, 6) is 1.09. The van der Waals surface area contributed by atoms with E-state index >= 15 is 0 Å². The molecule has 0 radical (unpaired) electrons. The van der Waals surface area contributed by atoms with E-state index in [9.17, 15) is 0 Å². The topological polar surface area (TPSA) is 66.4 Å². The highest BCUT2D eigenvalue weighted by Crippen LogP contribution is 2.30. The zero-order chi connectivity index (χ0) is 17.9. The maximum Gasteiger partial charge on any atom is 0.145 e. The maximum absolute atomic E-state index is 5.77. The monoisotopic (exact) mass is 355 g/mol. The Labute approximate surface area is 155 Å². The van der Waals surface area contributed by atoms with Gasteiger partial charge in [0.1, 0.15) is 11.9 Å². The van der Waals surface area contributed by atoms with Gasteiger partial charge in [0.2, 0.25) is 0 Å². The predicted molar refractivity (Wildman–Crippen MR) is 106 cm³/mol. The van der Waals surface area contributed by atoms with Gasteiger partial charge < -0.3 is 20.4 Å². The van der Waals surface area contributed by atoms with Crippen molar-refractivity contribution in [3.05, 3.63) is 29.3 Å². The number of anilines is 1. The van der Waals surface area contributed by atoms with E-state index in [1.165, 1.54) is 42.5 Å². The second-order valence-corrected chi connectivity index (χ2v) is 7.47. The van der Waals surface area contributed by atoms with Crippen LogP contribution >= 0.6 is 0 Å². The molecule has 0 aromatic heterocycles. The highest BCUT2D eigenvalue weighted by molar-refractivity contribution is 6.08. The second kappa shape index (κ2) is 7.66. The number of benzene rings is 1. The molecule has 6 heteroatoms. The van der Waals surface area contributed by atoms with Gasteiger partial charge in [-0.3, -0.25) is 4.99 Å². The van der Waals surface area contributed by atoms with Crippen molar-refractivity contribution in [1.29, 1.82) is 0 Å². The van der Waals surface area contributed by atoms with Gasteiger partial charge in [0.25, 0.3) is 0 Å². The lowest BCUT2D eigenvalue weighted by Crippen LogP contribution is -2.28. The lowest BCUT2D eigenvalue weighted by atomic mass is 9.99. The number of aliphatic imine (C=N–C) groups is 1. The molecule has 3 aliphatic heterocycles. The summed E-state index contributed by atoms with van der Waals surface area (Å²) in [5, 5.41) is 4.35. The zero-order valence-electron chi connectivity index (χ0n) is 15.7. The Morgan fingerprint density at radius 3 is 2.62 bits per heavy atom. The van der Waals surface area contributed by atoms with E-state index in [4.69, 9.17) is 15.6 Å². The van der Waals surface area contributed by atoms with Gasteiger partial charge in [0, 0.05) is 56.5 Å². The summed E-state index contributed by atoms with van der Waals surface area (Å²) in [4.78, 5) is 15.0. The first kappa shape index (κ1) is 17.3. The molecule has 0 bridgehead atoms. The van der Waals surface area contributed by atoms with Gasteiger partial charge in [-0.05, 0) is 18.9 Å². The first-order chi connectivity index (χ1) is 12.8. The quantitative estimate of drug-likeness (QED) is 0.899. The fourth-order valence-corrected chi connectivity index (χ4v) is 4.05. The lowest BCUT2D eigenvalue weighted by molar-refractivity contribution is 0.0918. The Balaban J connectivity index is 1.70. The summed E-state index contributed by atoms with van der Waals surface area (Å²) in [6.07, 6.45) is 5.93. The predicted octanol–water partition coefficient (Wildman–Crippen LogP) is 2.21. The van der Waals surface area contributed by atoms with Crippen LogP contribution in [-0.4, -0.2) is 62.3 Å². The van der Waals surface area contributed by atoms with Crippen LogP contribution < -0.4 is 10.6 Å². The summed E-state index contributed by atoms with van der Waals surface area (Å²) in [6.45, 7) is 4.59. The summed E-state index contributed by atoms with van der Waals surface area (Å²) < 4.78 is 0. The van der Waals surface area contributed by atoms with Gasteiger partial charge in [0.15, 0.2) is 0 Å². The molecule has 0 aliphatic carbocycles. The van der Waals surface area contributed by atoms with Crippen LogP contribution in [0, 0.1) is 0 Å². The van der Waals surface area contributed by atoms with E-state index in [1.54, 1.807) is 0 Å². The molecule has 1 aromatic carbocycles. The molecule has 2 N–H and O–H groups in total. The summed E-state index contributed by atoms with van der Waals surface area (Å²) in [5.41, 5.74) is 10.4. The van der Waals surface area contributed by atoms with Crippen LogP contribution in [0.2, 0.25) is 0 Å². The molecule has 4 rings (SSSR count). The number of amidine groups is 1. The first-order valence-electron chi connectivity index (χ1n) is 9.84. The Morgan fingerprint density at radius 2 is 1.96 bits per heavy atom. The minimum Gasteiger partial charge on any atom is -0.390 e. The Bertz CT molecular complexity index is 706. The summed E-state index contributed by atoms with van der Waals surface area (Å²) in [6, 6.07) is 6.68. The van der Waals surface area contributed by atoms with Crippen molar-refractivity contribution in [1.82, 2.24) is 4.90 Å². The lowest BCUT2D eigenvalue weighted by Gasteiger charge is -2.26. The van der Waals surface area contributed by atoms with Gasteiger partial charge in [-0.15, -0.1) is 0 Å². The Hall–Kier alpha value is -2.08. The Morgan fingerprint density at radius 1 is 1.15 bits per heavy atom. The molecule has 26 heavy (non-hydrogen) atoms. The molecule has 1 atom stereocenters. The number of nitrogens with zero attached hydrogens (tertiary/aromatic N) is 4. The third-order valence-electron chi connectivity index (χ3n) is 5.57. The molecular formula is C20H29N5O. The zero-order valence-corrected chi connectivity index (χ0v) is 15.7. The van der Waals surface area contributed by atoms with Crippen LogP contribution in [0.25, 0.3) is 0 Å². The summed E-state index contributed by atoms with van der Waals surface area (Å²) in [7, 11) is 2.12. The summed E-state index contributed by atoms with van der Waals surface area (Å²) >= 11 is 0. The Kier molecular flexibility index (Phi) is 5.11. The fourth-order valence-electron chi connectivity index (χ4n) is 4.05. The second-order valence-electron chi connectivity index (χ2n) is 7.47. The van der Waals surface area contributed by atoms with Crippen molar-refractivity contribution in [2.75, 3.05) is 44.7 Å². The molecule has 0 saturated carbocycles. The number of oxime groups is 1. The smallest absolute Gasteiger partial charge is 0.145 e. The van der Waals surface area contributed by atoms with Crippen molar-refractivity contribution in [2.24, 2.45) is 15.9 Å². The SMILES string of the molecule is CN1CCN=C1c1ccc(C2=NOC(CN)C2)c(N2CCCCCC2)c1. The average Bonchev–Trinajstić information content (AvgIpc) is 3.23. The minimum absolute atomic E-state index is 0.00648. The van der Waals surface area contributed by atoms with Gasteiger partial charge in [-0.2, -0.15) is 0 Å². The van der Waals surface area contributed by atoms with Crippen LogP contribution in [0.5, 0.6) is 0 Å². The van der Waals surface area contributed by atoms with E-state index in [-0.39, 0.29) is 6.10 Å². The minimum atomic E-state index is 0.00648. The molecular weight excluding hydrogens is 326 g/mol. The highest BCUT2D eigenvalue weighted by atomic mass is 16.6. The molecule has 0 spiro atoms. The van der Waals surface area contributed by atoms with E-state index in [1.807, 2.05) is 0 Å². The standard InChI is InChI=1S/C20H29N5O/c1-24-11-8-22-20(24)15-6-7-17(18-13-16(14-21)26-23-18)19(12-15)25-9-4-2-3-5-10-25/h6-7,12,16H,2-5,8-11,13-14,21H2,1H3. The first-order valence-corrected chi connectivity index (χ1v) is 9.84. The van der Waals surface area contributed by atoms with E-state index in [0.717, 1.165) is 44.1 Å². The van der Waals surface area contributed by atoms with Crippen LogP contribution in [0.1, 0.15) is 43.2 Å². The van der Waals surface area contributed by atoms with E-state index in [0.29, 0.717) is 6.54 Å². The maximum atomic E-state index is 5.77.